The van der Waals surface area contributed by atoms with E-state index in [9.17, 15) is 0 Å². The smallest absolute Gasteiger partial charge is 0.0260 e. The molecule has 0 aliphatic carbocycles. The van der Waals surface area contributed by atoms with Gasteiger partial charge in [0, 0.05) is 17.7 Å². The first-order chi connectivity index (χ1) is 18.0. The standard InChI is InChI=1S/C33H30P2S2/c1-27-15-14-16-28(25-27)33(35(37,31-21-10-4-11-22-31)32-23-12-5-13-24-32)26-34(36,29-17-6-2-7-18-29)30-19-8-3-9-20-30/h2-25,33H,26H2,1H3. The number of aryl methyl sites for hydroxylation is 1. The molecule has 0 aliphatic heterocycles. The Morgan fingerprint density at radius 2 is 0.919 bits per heavy atom. The largest absolute Gasteiger partial charge is 0.0876 e. The first kappa shape index (κ1) is 26.0. The second kappa shape index (κ2) is 11.4. The zero-order chi connectivity index (χ0) is 25.7. The molecule has 0 saturated carbocycles. The van der Waals surface area contributed by atoms with E-state index < -0.39 is 12.1 Å². The summed E-state index contributed by atoms with van der Waals surface area (Å²) in [6.45, 7) is 2.17. The summed E-state index contributed by atoms with van der Waals surface area (Å²) in [6, 6.07) is 47.4. The summed E-state index contributed by atoms with van der Waals surface area (Å²) in [5.41, 5.74) is 2.63. The summed E-state index contributed by atoms with van der Waals surface area (Å²) < 4.78 is 0. The Bertz CT molecular complexity index is 1460. The van der Waals surface area contributed by atoms with E-state index >= 15 is 0 Å². The van der Waals surface area contributed by atoms with Crippen LogP contribution in [0.5, 0.6) is 0 Å². The van der Waals surface area contributed by atoms with E-state index in [1.807, 2.05) is 0 Å². The van der Waals surface area contributed by atoms with Crippen LogP contribution in [0, 0.1) is 6.92 Å². The average molecular weight is 553 g/mol. The lowest BCUT2D eigenvalue weighted by molar-refractivity contribution is 1.09. The van der Waals surface area contributed by atoms with Gasteiger partial charge in [-0.25, -0.2) is 0 Å². The van der Waals surface area contributed by atoms with Gasteiger partial charge in [0.2, 0.25) is 0 Å². The number of hydrogen-bond acceptors (Lipinski definition) is 2. The van der Waals surface area contributed by atoms with E-state index in [0.717, 1.165) is 6.16 Å². The molecule has 0 aliphatic rings. The van der Waals surface area contributed by atoms with Gasteiger partial charge in [0.05, 0.1) is 0 Å². The van der Waals surface area contributed by atoms with Crippen LogP contribution in [-0.4, -0.2) is 6.16 Å². The van der Waals surface area contributed by atoms with Crippen molar-refractivity contribution in [3.05, 3.63) is 157 Å². The van der Waals surface area contributed by atoms with E-state index in [1.165, 1.54) is 32.3 Å². The van der Waals surface area contributed by atoms with E-state index in [0.29, 0.717) is 0 Å². The molecule has 0 bridgehead atoms. The van der Waals surface area contributed by atoms with Crippen molar-refractivity contribution in [3.63, 3.8) is 0 Å². The maximum atomic E-state index is 6.93. The molecule has 0 radical (unpaired) electrons. The van der Waals surface area contributed by atoms with Crippen molar-refractivity contribution in [1.29, 1.82) is 0 Å². The number of benzene rings is 5. The molecule has 37 heavy (non-hydrogen) atoms. The summed E-state index contributed by atoms with van der Waals surface area (Å²) >= 11 is 13.7. The fraction of sp³-hybridized carbons (Fsp3) is 0.0909. The second-order valence-electron chi connectivity index (χ2n) is 9.35. The minimum absolute atomic E-state index is 0.0958. The average Bonchev–Trinajstić information content (AvgIpc) is 2.97. The molecular formula is C33H30P2S2. The van der Waals surface area contributed by atoms with Gasteiger partial charge < -0.3 is 0 Å². The zero-order valence-electron chi connectivity index (χ0n) is 20.9. The summed E-state index contributed by atoms with van der Waals surface area (Å²) in [4.78, 5) is 0. The molecule has 184 valence electrons. The van der Waals surface area contributed by atoms with Gasteiger partial charge in [-0.1, -0.05) is 175 Å². The van der Waals surface area contributed by atoms with Gasteiger partial charge in [0.25, 0.3) is 0 Å². The molecule has 0 nitrogen and oxygen atoms in total. The molecule has 4 heteroatoms. The Morgan fingerprint density at radius 1 is 0.514 bits per heavy atom. The Balaban J connectivity index is 1.79. The number of rotatable bonds is 8. The fourth-order valence-corrected chi connectivity index (χ4v) is 15.5. The Labute approximate surface area is 231 Å². The maximum absolute atomic E-state index is 6.93. The van der Waals surface area contributed by atoms with Crippen LogP contribution < -0.4 is 21.2 Å². The highest BCUT2D eigenvalue weighted by atomic mass is 32.4. The molecule has 1 atom stereocenters. The predicted octanol–water partition coefficient (Wildman–Crippen LogP) is 7.30. The molecule has 0 amide bonds. The zero-order valence-corrected chi connectivity index (χ0v) is 24.3. The van der Waals surface area contributed by atoms with Crippen LogP contribution in [0.2, 0.25) is 0 Å². The van der Waals surface area contributed by atoms with Crippen LogP contribution in [0.1, 0.15) is 16.8 Å². The van der Waals surface area contributed by atoms with Crippen molar-refractivity contribution >= 4 is 56.9 Å². The van der Waals surface area contributed by atoms with E-state index in [1.54, 1.807) is 0 Å². The van der Waals surface area contributed by atoms with E-state index in [2.05, 4.69) is 153 Å². The van der Waals surface area contributed by atoms with Gasteiger partial charge in [-0.15, -0.1) is 0 Å². The van der Waals surface area contributed by atoms with Crippen molar-refractivity contribution in [2.45, 2.75) is 12.6 Å². The van der Waals surface area contributed by atoms with Crippen LogP contribution in [0.15, 0.2) is 146 Å². The molecule has 0 N–H and O–H groups in total. The van der Waals surface area contributed by atoms with Crippen molar-refractivity contribution in [2.24, 2.45) is 0 Å². The Kier molecular flexibility index (Phi) is 8.04. The lowest BCUT2D eigenvalue weighted by atomic mass is 10.1. The molecular weight excluding hydrogens is 522 g/mol. The van der Waals surface area contributed by atoms with E-state index in [-0.39, 0.29) is 5.66 Å². The van der Waals surface area contributed by atoms with Crippen LogP contribution >= 0.6 is 12.1 Å². The van der Waals surface area contributed by atoms with Crippen LogP contribution in [0.3, 0.4) is 0 Å². The highest BCUT2D eigenvalue weighted by Crippen LogP contribution is 2.63. The molecule has 5 rings (SSSR count). The van der Waals surface area contributed by atoms with Gasteiger partial charge in [0.15, 0.2) is 0 Å². The summed E-state index contributed by atoms with van der Waals surface area (Å²) in [5.74, 6) is 0. The molecule has 0 heterocycles. The quantitative estimate of drug-likeness (QED) is 0.185. The van der Waals surface area contributed by atoms with Crippen molar-refractivity contribution in [2.75, 3.05) is 6.16 Å². The molecule has 0 saturated heterocycles. The van der Waals surface area contributed by atoms with Gasteiger partial charge >= 0.3 is 0 Å². The van der Waals surface area contributed by atoms with E-state index in [4.69, 9.17) is 23.6 Å². The molecule has 5 aromatic carbocycles. The van der Waals surface area contributed by atoms with Crippen LogP contribution in [0.25, 0.3) is 0 Å². The SMILES string of the molecule is Cc1cccc(C(CP(=S)(c2ccccc2)c2ccccc2)P(=S)(c2ccccc2)c2ccccc2)c1. The van der Waals surface area contributed by atoms with Crippen molar-refractivity contribution in [1.82, 2.24) is 0 Å². The topological polar surface area (TPSA) is 0 Å². The summed E-state index contributed by atoms with van der Waals surface area (Å²) in [7, 11) is 0. The third kappa shape index (κ3) is 5.36. The van der Waals surface area contributed by atoms with Gasteiger partial charge in [0.1, 0.15) is 0 Å². The van der Waals surface area contributed by atoms with Crippen LogP contribution in [-0.2, 0) is 23.6 Å². The normalized spacial score (nSPS) is 12.7. The summed E-state index contributed by atoms with van der Waals surface area (Å²) in [6.07, 6.45) is 0.834. The second-order valence-corrected chi connectivity index (χ2v) is 18.8. The molecule has 0 fully saturated rings. The summed E-state index contributed by atoms with van der Waals surface area (Å²) in [5, 5.41) is 4.98. The number of hydrogen-bond donors (Lipinski definition) is 0. The van der Waals surface area contributed by atoms with Crippen LogP contribution in [0.4, 0.5) is 0 Å². The lowest BCUT2D eigenvalue weighted by Gasteiger charge is -2.37. The minimum atomic E-state index is -2.32. The first-order valence-electron chi connectivity index (χ1n) is 12.5. The Morgan fingerprint density at radius 3 is 1.32 bits per heavy atom. The van der Waals surface area contributed by atoms with Gasteiger partial charge in [-0.2, -0.15) is 0 Å². The fourth-order valence-electron chi connectivity index (χ4n) is 5.06. The highest BCUT2D eigenvalue weighted by Gasteiger charge is 2.38. The first-order valence-corrected chi connectivity index (χ1v) is 18.4. The monoisotopic (exact) mass is 552 g/mol. The predicted molar refractivity (Wildman–Crippen MR) is 172 cm³/mol. The maximum Gasteiger partial charge on any atom is 0.0260 e. The lowest BCUT2D eigenvalue weighted by Crippen LogP contribution is -2.27. The molecule has 0 spiro atoms. The van der Waals surface area contributed by atoms with Crippen molar-refractivity contribution < 1.29 is 0 Å². The Hall–Kier alpha value is -2.60. The van der Waals surface area contributed by atoms with Gasteiger partial charge in [-0.3, -0.25) is 0 Å². The van der Waals surface area contributed by atoms with Crippen molar-refractivity contribution in [3.8, 4) is 0 Å². The molecule has 0 aromatic heterocycles. The van der Waals surface area contributed by atoms with Gasteiger partial charge in [-0.05, 0) is 39.9 Å². The highest BCUT2D eigenvalue weighted by molar-refractivity contribution is 8.24. The minimum Gasteiger partial charge on any atom is -0.0876 e. The third-order valence-electron chi connectivity index (χ3n) is 6.92. The third-order valence-corrected chi connectivity index (χ3v) is 17.6. The molecule has 5 aromatic rings. The molecule has 1 unspecified atom stereocenters.